The van der Waals surface area contributed by atoms with E-state index >= 15 is 0 Å². The molecule has 0 saturated heterocycles. The molecule has 2 bridgehead atoms. The van der Waals surface area contributed by atoms with Crippen molar-refractivity contribution in [2.24, 2.45) is 29.1 Å². The number of hydrogen-bond acceptors (Lipinski definition) is 1. The smallest absolute Gasteiger partial charge is 0.0543 e. The van der Waals surface area contributed by atoms with Gasteiger partial charge in [0.15, 0.2) is 0 Å². The summed E-state index contributed by atoms with van der Waals surface area (Å²) in [5.41, 5.74) is 17.0. The van der Waals surface area contributed by atoms with Gasteiger partial charge in [-0.2, -0.15) is 0 Å². The normalized spacial score (nSPS) is 31.3. The van der Waals surface area contributed by atoms with E-state index < -0.39 is 0 Å². The van der Waals surface area contributed by atoms with Gasteiger partial charge in [0.2, 0.25) is 0 Å². The Morgan fingerprint density at radius 1 is 0.571 bits per heavy atom. The second-order valence-corrected chi connectivity index (χ2v) is 18.0. The molecule has 2 spiro atoms. The molecule has 6 aliphatic carbocycles. The molecule has 5 aromatic carbocycles. The highest BCUT2D eigenvalue weighted by molar-refractivity contribution is 5.99. The molecule has 1 heteroatoms. The highest BCUT2D eigenvalue weighted by Gasteiger charge is 2.84. The van der Waals surface area contributed by atoms with Crippen LogP contribution in [-0.4, -0.2) is 0 Å². The van der Waals surface area contributed by atoms with Crippen LogP contribution in [0.1, 0.15) is 88.5 Å². The Balaban J connectivity index is 1.18. The highest BCUT2D eigenvalue weighted by atomic mass is 15.1. The molecular formula is C48H47N. The lowest BCUT2D eigenvalue weighted by molar-refractivity contribution is -0.231. The zero-order valence-corrected chi connectivity index (χ0v) is 29.5. The second kappa shape index (κ2) is 9.36. The van der Waals surface area contributed by atoms with Crippen molar-refractivity contribution in [1.82, 2.24) is 0 Å². The lowest BCUT2D eigenvalue weighted by Crippen LogP contribution is -2.73. The van der Waals surface area contributed by atoms with Gasteiger partial charge < -0.3 is 4.90 Å². The van der Waals surface area contributed by atoms with Crippen molar-refractivity contribution in [3.63, 3.8) is 0 Å². The molecule has 0 aliphatic heterocycles. The maximum Gasteiger partial charge on any atom is 0.0543 e. The van der Waals surface area contributed by atoms with Gasteiger partial charge in [0.05, 0.1) is 5.69 Å². The predicted octanol–water partition coefficient (Wildman–Crippen LogP) is 12.5. The zero-order valence-electron chi connectivity index (χ0n) is 29.5. The summed E-state index contributed by atoms with van der Waals surface area (Å²) in [6.07, 6.45) is 8.26. The van der Waals surface area contributed by atoms with Crippen molar-refractivity contribution >= 4 is 17.1 Å². The Bertz CT molecular complexity index is 2170. The van der Waals surface area contributed by atoms with Gasteiger partial charge in [0.1, 0.15) is 0 Å². The van der Waals surface area contributed by atoms with E-state index in [9.17, 15) is 0 Å². The number of para-hydroxylation sites is 1. The number of nitrogens with zero attached hydrogens (tertiary/aromatic N) is 1. The van der Waals surface area contributed by atoms with Crippen LogP contribution in [0.25, 0.3) is 22.3 Å². The van der Waals surface area contributed by atoms with Crippen LogP contribution in [0.4, 0.5) is 17.1 Å². The minimum atomic E-state index is 0.114. The van der Waals surface area contributed by atoms with Gasteiger partial charge in [-0.25, -0.2) is 0 Å². The molecule has 5 aromatic rings. The molecule has 6 atom stereocenters. The van der Waals surface area contributed by atoms with Crippen molar-refractivity contribution in [1.29, 1.82) is 0 Å². The van der Waals surface area contributed by atoms with E-state index in [4.69, 9.17) is 0 Å². The van der Waals surface area contributed by atoms with Gasteiger partial charge in [0, 0.05) is 22.4 Å². The third-order valence-corrected chi connectivity index (χ3v) is 15.2. The molecule has 4 saturated carbocycles. The van der Waals surface area contributed by atoms with Gasteiger partial charge in [-0.05, 0) is 148 Å². The number of anilines is 3. The first-order chi connectivity index (χ1) is 23.7. The number of rotatable bonds is 4. The first kappa shape index (κ1) is 28.7. The molecule has 4 fully saturated rings. The molecular weight excluding hydrogens is 591 g/mol. The van der Waals surface area contributed by atoms with Crippen LogP contribution in [0.15, 0.2) is 115 Å². The molecule has 1 nitrogen and oxygen atoms in total. The fraction of sp³-hybridized carbons (Fsp3) is 0.375. The minimum Gasteiger partial charge on any atom is -0.310 e. The zero-order chi connectivity index (χ0) is 32.9. The van der Waals surface area contributed by atoms with Crippen LogP contribution in [0.3, 0.4) is 0 Å². The quantitative estimate of drug-likeness (QED) is 0.189. The van der Waals surface area contributed by atoms with Crippen molar-refractivity contribution < 1.29 is 0 Å². The molecule has 0 amide bonds. The fourth-order valence-electron chi connectivity index (χ4n) is 13.2. The Hall–Kier alpha value is -4.10. The monoisotopic (exact) mass is 637 g/mol. The van der Waals surface area contributed by atoms with Crippen LogP contribution >= 0.6 is 0 Å². The molecule has 0 N–H and O–H groups in total. The molecule has 6 aliphatic rings. The van der Waals surface area contributed by atoms with E-state index in [2.05, 4.69) is 148 Å². The molecule has 11 rings (SSSR count). The van der Waals surface area contributed by atoms with E-state index in [1.807, 2.05) is 0 Å². The average molecular weight is 638 g/mol. The first-order valence-electron chi connectivity index (χ1n) is 19.1. The predicted molar refractivity (Wildman–Crippen MR) is 203 cm³/mol. The van der Waals surface area contributed by atoms with E-state index in [1.54, 1.807) is 11.1 Å². The third-order valence-electron chi connectivity index (χ3n) is 15.2. The number of benzene rings is 5. The van der Waals surface area contributed by atoms with Gasteiger partial charge in [0.25, 0.3) is 0 Å². The SMILES string of the molecule is CC1(C)CCC(C)(C)c2cc(N(c3ccccc3)c3cccc4c3-c3cccc(-c5ccccc5)c3C43C4CC5CC6CC3C64C5)ccc21. The standard InChI is InChI=1S/C48H47N/c1-45(2)23-24-46(3,4)39-28-34(21-22-37(39)45)49(33-15-9-6-10-16-33)40-20-12-19-38-43(40)36-18-11-17-35(31-13-7-5-8-14-31)44(36)48(38)41-26-30-25-32-27-42(48)47(32,41)29-30/h5-22,28,30,32,41-42H,23-27,29H2,1-4H3. The van der Waals surface area contributed by atoms with Gasteiger partial charge in [-0.15, -0.1) is 0 Å². The lowest BCUT2D eigenvalue weighted by Gasteiger charge is -2.76. The molecule has 244 valence electrons. The summed E-state index contributed by atoms with van der Waals surface area (Å²) in [6, 6.07) is 44.6. The van der Waals surface area contributed by atoms with Crippen molar-refractivity contribution in [3.8, 4) is 22.3 Å². The van der Waals surface area contributed by atoms with E-state index in [0.29, 0.717) is 5.41 Å². The van der Waals surface area contributed by atoms with E-state index in [1.165, 1.54) is 89.0 Å². The summed E-state index contributed by atoms with van der Waals surface area (Å²) in [4.78, 5) is 2.60. The number of fused-ring (bicyclic) bond motifs is 9. The fourth-order valence-corrected chi connectivity index (χ4v) is 13.2. The maximum atomic E-state index is 2.60. The molecule has 0 heterocycles. The van der Waals surface area contributed by atoms with Crippen LogP contribution < -0.4 is 4.90 Å². The maximum absolute atomic E-state index is 2.60. The average Bonchev–Trinajstić information content (AvgIpc) is 3.75. The van der Waals surface area contributed by atoms with Crippen LogP contribution in [0, 0.1) is 29.1 Å². The van der Waals surface area contributed by atoms with Crippen molar-refractivity contribution in [2.45, 2.75) is 82.5 Å². The summed E-state index contributed by atoms with van der Waals surface area (Å²) in [6.45, 7) is 9.78. The Morgan fingerprint density at radius 3 is 2.04 bits per heavy atom. The Labute approximate surface area is 292 Å². The summed E-state index contributed by atoms with van der Waals surface area (Å²) in [5, 5.41) is 0. The highest BCUT2D eigenvalue weighted by Crippen LogP contribution is 2.90. The van der Waals surface area contributed by atoms with Crippen molar-refractivity contribution in [3.05, 3.63) is 138 Å². The summed E-state index contributed by atoms with van der Waals surface area (Å²) in [5.74, 6) is 3.43. The Kier molecular flexibility index (Phi) is 5.49. The van der Waals surface area contributed by atoms with Gasteiger partial charge in [-0.3, -0.25) is 0 Å². The molecule has 49 heavy (non-hydrogen) atoms. The second-order valence-electron chi connectivity index (χ2n) is 18.0. The Morgan fingerprint density at radius 2 is 1.27 bits per heavy atom. The number of hydrogen-bond donors (Lipinski definition) is 0. The minimum absolute atomic E-state index is 0.114. The lowest BCUT2D eigenvalue weighted by atomic mass is 9.26. The van der Waals surface area contributed by atoms with Crippen LogP contribution in [0.2, 0.25) is 0 Å². The molecule has 0 aromatic heterocycles. The van der Waals surface area contributed by atoms with Gasteiger partial charge >= 0.3 is 0 Å². The van der Waals surface area contributed by atoms with E-state index in [-0.39, 0.29) is 16.2 Å². The van der Waals surface area contributed by atoms with E-state index in [0.717, 1.165) is 23.7 Å². The summed E-state index contributed by atoms with van der Waals surface area (Å²) < 4.78 is 0. The van der Waals surface area contributed by atoms with Crippen molar-refractivity contribution in [2.75, 3.05) is 4.90 Å². The molecule has 0 radical (unpaired) electrons. The summed E-state index contributed by atoms with van der Waals surface area (Å²) in [7, 11) is 0. The topological polar surface area (TPSA) is 3.24 Å². The largest absolute Gasteiger partial charge is 0.310 e. The first-order valence-corrected chi connectivity index (χ1v) is 19.1. The molecule has 6 unspecified atom stereocenters. The third kappa shape index (κ3) is 3.38. The van der Waals surface area contributed by atoms with Crippen LogP contribution in [-0.2, 0) is 16.2 Å². The van der Waals surface area contributed by atoms with Crippen LogP contribution in [0.5, 0.6) is 0 Å². The summed E-state index contributed by atoms with van der Waals surface area (Å²) >= 11 is 0. The van der Waals surface area contributed by atoms with Gasteiger partial charge in [-0.1, -0.05) is 113 Å².